The van der Waals surface area contributed by atoms with Crippen molar-refractivity contribution in [1.82, 2.24) is 15.3 Å². The number of carbonyl (C=O) groups is 1. The molecule has 1 amide bonds. The molecule has 1 saturated carbocycles. The molecule has 22 heavy (non-hydrogen) atoms. The van der Waals surface area contributed by atoms with E-state index in [1.165, 1.54) is 6.92 Å². The Hall–Kier alpha value is -1.89. The van der Waals surface area contributed by atoms with Gasteiger partial charge in [-0.25, -0.2) is 13.4 Å². The third-order valence-electron chi connectivity index (χ3n) is 4.17. The van der Waals surface area contributed by atoms with Crippen molar-refractivity contribution in [2.45, 2.75) is 49.1 Å². The average molecular weight is 321 g/mol. The van der Waals surface area contributed by atoms with Gasteiger partial charge in [0.2, 0.25) is 20.9 Å². The lowest BCUT2D eigenvalue weighted by molar-refractivity contribution is -0.121. The number of hydrogen-bond donors (Lipinski definition) is 2. The van der Waals surface area contributed by atoms with E-state index in [0.717, 1.165) is 25.7 Å². The Bertz CT molecular complexity index is 758. The molecule has 1 unspecified atom stereocenters. The predicted octanol–water partition coefficient (Wildman–Crippen LogP) is 1.78. The highest BCUT2D eigenvalue weighted by molar-refractivity contribution is 7.92. The van der Waals surface area contributed by atoms with Gasteiger partial charge in [0.25, 0.3) is 0 Å². The minimum absolute atomic E-state index is 0.0980. The molecule has 1 aromatic heterocycles. The molecule has 6 nitrogen and oxygen atoms in total. The fourth-order valence-corrected chi connectivity index (χ4v) is 3.92. The van der Waals surface area contributed by atoms with E-state index >= 15 is 0 Å². The Morgan fingerprint density at radius 2 is 2.00 bits per heavy atom. The summed E-state index contributed by atoms with van der Waals surface area (Å²) in [6.07, 6.45) is 4.00. The topological polar surface area (TPSA) is 91.9 Å². The van der Waals surface area contributed by atoms with Crippen LogP contribution >= 0.6 is 0 Å². The molecule has 1 aliphatic rings. The molecule has 1 aromatic carbocycles. The zero-order chi connectivity index (χ0) is 15.7. The summed E-state index contributed by atoms with van der Waals surface area (Å²) in [6.45, 7) is 1.41. The molecule has 1 heterocycles. The molecule has 2 aromatic rings. The molecular weight excluding hydrogens is 302 g/mol. The molecule has 0 radical (unpaired) electrons. The molecule has 0 aliphatic heterocycles. The summed E-state index contributed by atoms with van der Waals surface area (Å²) in [5, 5.41) is 1.52. The van der Waals surface area contributed by atoms with Crippen molar-refractivity contribution in [2.75, 3.05) is 0 Å². The summed E-state index contributed by atoms with van der Waals surface area (Å²) < 4.78 is 25.1. The monoisotopic (exact) mass is 321 g/mol. The van der Waals surface area contributed by atoms with Crippen LogP contribution in [0.15, 0.2) is 29.4 Å². The quantitative estimate of drug-likeness (QED) is 0.898. The number of para-hydroxylation sites is 2. The van der Waals surface area contributed by atoms with Crippen molar-refractivity contribution in [3.63, 3.8) is 0 Å². The van der Waals surface area contributed by atoms with Gasteiger partial charge in [-0.15, -0.1) is 0 Å². The summed E-state index contributed by atoms with van der Waals surface area (Å²) in [5.74, 6) is -0.452. The number of rotatable bonds is 4. The SMILES string of the molecule is CC(C(=O)NC1CCCC1)S(=O)(=O)c1nc2ccccc2[nH]1. The third kappa shape index (κ3) is 2.72. The smallest absolute Gasteiger partial charge is 0.238 e. The van der Waals surface area contributed by atoms with Crippen LogP contribution in [0.3, 0.4) is 0 Å². The Balaban J connectivity index is 1.82. The molecule has 0 bridgehead atoms. The van der Waals surface area contributed by atoms with E-state index < -0.39 is 21.0 Å². The first-order valence-corrected chi connectivity index (χ1v) is 9.02. The lowest BCUT2D eigenvalue weighted by atomic mass is 10.2. The number of H-pyrrole nitrogens is 1. The van der Waals surface area contributed by atoms with Crippen LogP contribution in [0.5, 0.6) is 0 Å². The van der Waals surface area contributed by atoms with E-state index in [1.54, 1.807) is 24.3 Å². The van der Waals surface area contributed by atoms with Crippen LogP contribution in [0, 0.1) is 0 Å². The summed E-state index contributed by atoms with van der Waals surface area (Å²) in [7, 11) is -3.82. The van der Waals surface area contributed by atoms with Crippen molar-refractivity contribution in [3.8, 4) is 0 Å². The second-order valence-electron chi connectivity index (χ2n) is 5.74. The van der Waals surface area contributed by atoms with Gasteiger partial charge >= 0.3 is 0 Å². The number of amides is 1. The van der Waals surface area contributed by atoms with Gasteiger partial charge < -0.3 is 10.3 Å². The van der Waals surface area contributed by atoms with Crippen LogP contribution in [-0.2, 0) is 14.6 Å². The van der Waals surface area contributed by atoms with Crippen molar-refractivity contribution < 1.29 is 13.2 Å². The molecule has 1 atom stereocenters. The maximum absolute atomic E-state index is 12.6. The maximum atomic E-state index is 12.6. The van der Waals surface area contributed by atoms with Gasteiger partial charge in [-0.05, 0) is 31.9 Å². The number of sulfone groups is 1. The average Bonchev–Trinajstić information content (AvgIpc) is 3.15. The molecule has 0 spiro atoms. The van der Waals surface area contributed by atoms with Gasteiger partial charge in [-0.2, -0.15) is 0 Å². The van der Waals surface area contributed by atoms with Gasteiger partial charge in [0.05, 0.1) is 11.0 Å². The number of aromatic nitrogens is 2. The van der Waals surface area contributed by atoms with Crippen LogP contribution < -0.4 is 5.32 Å². The molecule has 1 aliphatic carbocycles. The number of fused-ring (bicyclic) bond motifs is 1. The number of carbonyl (C=O) groups excluding carboxylic acids is 1. The second kappa shape index (κ2) is 5.72. The highest BCUT2D eigenvalue weighted by atomic mass is 32.2. The van der Waals surface area contributed by atoms with Gasteiger partial charge in [0.1, 0.15) is 5.25 Å². The van der Waals surface area contributed by atoms with Crippen LogP contribution in [0.4, 0.5) is 0 Å². The van der Waals surface area contributed by atoms with Crippen molar-refractivity contribution >= 4 is 26.8 Å². The van der Waals surface area contributed by atoms with E-state index in [1.807, 2.05) is 0 Å². The first-order valence-electron chi connectivity index (χ1n) is 7.47. The van der Waals surface area contributed by atoms with Gasteiger partial charge in [-0.3, -0.25) is 4.79 Å². The van der Waals surface area contributed by atoms with Gasteiger partial charge in [0, 0.05) is 6.04 Å². The molecular formula is C15H19N3O3S. The minimum atomic E-state index is -3.82. The largest absolute Gasteiger partial charge is 0.352 e. The van der Waals surface area contributed by atoms with Crippen LogP contribution in [0.2, 0.25) is 0 Å². The highest BCUT2D eigenvalue weighted by Crippen LogP contribution is 2.20. The number of benzene rings is 1. The molecule has 0 saturated heterocycles. The van der Waals surface area contributed by atoms with E-state index in [0.29, 0.717) is 11.0 Å². The first-order chi connectivity index (χ1) is 10.5. The number of hydrogen-bond acceptors (Lipinski definition) is 4. The summed E-state index contributed by atoms with van der Waals surface area (Å²) in [5.41, 5.74) is 1.22. The Morgan fingerprint density at radius 1 is 1.32 bits per heavy atom. The van der Waals surface area contributed by atoms with E-state index in [9.17, 15) is 13.2 Å². The Labute approximate surface area is 129 Å². The molecule has 7 heteroatoms. The number of nitrogens with zero attached hydrogens (tertiary/aromatic N) is 1. The highest BCUT2D eigenvalue weighted by Gasteiger charge is 2.33. The first kappa shape index (κ1) is 15.0. The zero-order valence-corrected chi connectivity index (χ0v) is 13.2. The lowest BCUT2D eigenvalue weighted by Gasteiger charge is -2.16. The fraction of sp³-hybridized carbons (Fsp3) is 0.467. The van der Waals surface area contributed by atoms with Gasteiger partial charge in [0.15, 0.2) is 0 Å². The van der Waals surface area contributed by atoms with Crippen LogP contribution in [-0.4, -0.2) is 35.6 Å². The molecule has 3 rings (SSSR count). The van der Waals surface area contributed by atoms with Crippen molar-refractivity contribution in [1.29, 1.82) is 0 Å². The second-order valence-corrected chi connectivity index (χ2v) is 7.92. The molecule has 118 valence electrons. The van der Waals surface area contributed by atoms with Crippen molar-refractivity contribution in [2.24, 2.45) is 0 Å². The zero-order valence-electron chi connectivity index (χ0n) is 12.4. The Kier molecular flexibility index (Phi) is 3.90. The number of imidazole rings is 1. The summed E-state index contributed by atoms with van der Waals surface area (Å²) in [4.78, 5) is 19.1. The maximum Gasteiger partial charge on any atom is 0.238 e. The van der Waals surface area contributed by atoms with E-state index in [2.05, 4.69) is 15.3 Å². The standard InChI is InChI=1S/C15H19N3O3S/c1-10(14(19)16-11-6-2-3-7-11)22(20,21)15-17-12-8-4-5-9-13(12)18-15/h4-5,8-11H,2-3,6-7H2,1H3,(H,16,19)(H,17,18). The van der Waals surface area contributed by atoms with E-state index in [-0.39, 0.29) is 11.2 Å². The lowest BCUT2D eigenvalue weighted by Crippen LogP contribution is -2.42. The number of aromatic amines is 1. The summed E-state index contributed by atoms with van der Waals surface area (Å²) in [6, 6.07) is 7.17. The molecule has 1 fully saturated rings. The van der Waals surface area contributed by atoms with Crippen LogP contribution in [0.25, 0.3) is 11.0 Å². The fourth-order valence-electron chi connectivity index (χ4n) is 2.76. The third-order valence-corrected chi connectivity index (χ3v) is 6.05. The minimum Gasteiger partial charge on any atom is -0.352 e. The number of nitrogens with one attached hydrogen (secondary N) is 2. The predicted molar refractivity (Wildman–Crippen MR) is 83.1 cm³/mol. The summed E-state index contributed by atoms with van der Waals surface area (Å²) >= 11 is 0. The van der Waals surface area contributed by atoms with Crippen LogP contribution in [0.1, 0.15) is 32.6 Å². The van der Waals surface area contributed by atoms with Gasteiger partial charge in [-0.1, -0.05) is 25.0 Å². The molecule has 2 N–H and O–H groups in total. The van der Waals surface area contributed by atoms with Crippen molar-refractivity contribution in [3.05, 3.63) is 24.3 Å². The normalized spacial score (nSPS) is 17.7. The Morgan fingerprint density at radius 3 is 2.68 bits per heavy atom. The van der Waals surface area contributed by atoms with E-state index in [4.69, 9.17) is 0 Å².